The number of carbonyl (C=O) groups excluding carboxylic acids is 3. The number of rotatable bonds is 4. The summed E-state index contributed by atoms with van der Waals surface area (Å²) in [5.41, 5.74) is 0.994. The van der Waals surface area contributed by atoms with Gasteiger partial charge in [-0.1, -0.05) is 0 Å². The van der Waals surface area contributed by atoms with Crippen LogP contribution in [-0.4, -0.2) is 55.8 Å². The first-order chi connectivity index (χ1) is 12.0. The first kappa shape index (κ1) is 18.6. The van der Waals surface area contributed by atoms with Crippen LogP contribution in [0.25, 0.3) is 0 Å². The molecule has 25 heavy (non-hydrogen) atoms. The number of carbonyl (C=O) groups is 3. The highest BCUT2D eigenvalue weighted by Crippen LogP contribution is 2.13. The third-order valence-electron chi connectivity index (χ3n) is 3.92. The van der Waals surface area contributed by atoms with Gasteiger partial charge < -0.3 is 25.0 Å². The third-order valence-corrected chi connectivity index (χ3v) is 3.92. The van der Waals surface area contributed by atoms with Crippen molar-refractivity contribution < 1.29 is 23.9 Å². The molecule has 2 rings (SSSR count). The van der Waals surface area contributed by atoms with Crippen LogP contribution in [0, 0.1) is 0 Å². The van der Waals surface area contributed by atoms with Crippen LogP contribution in [0.2, 0.25) is 0 Å². The highest BCUT2D eigenvalue weighted by molar-refractivity contribution is 5.92. The lowest BCUT2D eigenvalue weighted by Gasteiger charge is -2.31. The lowest BCUT2D eigenvalue weighted by atomic mass is 10.1. The second-order valence-electron chi connectivity index (χ2n) is 5.63. The van der Waals surface area contributed by atoms with Crippen molar-refractivity contribution in [3.05, 3.63) is 29.8 Å². The average Bonchev–Trinajstić information content (AvgIpc) is 2.62. The van der Waals surface area contributed by atoms with E-state index in [0.717, 1.165) is 0 Å². The average molecular weight is 349 g/mol. The fraction of sp³-hybridized carbons (Fsp3) is 0.471. The summed E-state index contributed by atoms with van der Waals surface area (Å²) in [5, 5.41) is 5.61. The molecule has 1 saturated heterocycles. The molecule has 1 aromatic rings. The van der Waals surface area contributed by atoms with Crippen LogP contribution >= 0.6 is 0 Å². The SMILES string of the molecule is CCOC(=O)N1CCC(NC(=O)Nc2ccc(C(=O)OC)cc2)CC1. The Balaban J connectivity index is 1.77. The van der Waals surface area contributed by atoms with E-state index < -0.39 is 5.97 Å². The molecule has 0 aliphatic carbocycles. The molecule has 2 N–H and O–H groups in total. The van der Waals surface area contributed by atoms with E-state index in [1.165, 1.54) is 7.11 Å². The van der Waals surface area contributed by atoms with Gasteiger partial charge in [0.25, 0.3) is 0 Å². The number of hydrogen-bond acceptors (Lipinski definition) is 5. The Kier molecular flexibility index (Phi) is 6.62. The molecule has 1 aliphatic rings. The van der Waals surface area contributed by atoms with Crippen LogP contribution < -0.4 is 10.6 Å². The number of hydrogen-bond donors (Lipinski definition) is 2. The number of nitrogens with one attached hydrogen (secondary N) is 2. The van der Waals surface area contributed by atoms with Gasteiger partial charge in [-0.05, 0) is 44.0 Å². The van der Waals surface area contributed by atoms with E-state index in [4.69, 9.17) is 4.74 Å². The van der Waals surface area contributed by atoms with Crippen LogP contribution in [0.3, 0.4) is 0 Å². The number of benzene rings is 1. The molecule has 3 amide bonds. The van der Waals surface area contributed by atoms with Crippen molar-refractivity contribution in [2.24, 2.45) is 0 Å². The molecule has 1 aliphatic heterocycles. The molecular weight excluding hydrogens is 326 g/mol. The first-order valence-electron chi connectivity index (χ1n) is 8.21. The highest BCUT2D eigenvalue weighted by Gasteiger charge is 2.24. The molecular formula is C17H23N3O5. The van der Waals surface area contributed by atoms with Crippen molar-refractivity contribution >= 4 is 23.8 Å². The van der Waals surface area contributed by atoms with E-state index >= 15 is 0 Å². The van der Waals surface area contributed by atoms with Crippen LogP contribution in [0.4, 0.5) is 15.3 Å². The molecule has 1 fully saturated rings. The number of nitrogens with zero attached hydrogens (tertiary/aromatic N) is 1. The van der Waals surface area contributed by atoms with Crippen molar-refractivity contribution in [2.45, 2.75) is 25.8 Å². The summed E-state index contributed by atoms with van der Waals surface area (Å²) in [6.07, 6.45) is 1.04. The molecule has 0 aromatic heterocycles. The fourth-order valence-corrected chi connectivity index (χ4v) is 2.58. The smallest absolute Gasteiger partial charge is 0.409 e. The van der Waals surface area contributed by atoms with Gasteiger partial charge in [0.2, 0.25) is 0 Å². The van der Waals surface area contributed by atoms with Crippen LogP contribution in [0.5, 0.6) is 0 Å². The van der Waals surface area contributed by atoms with Crippen molar-refractivity contribution in [2.75, 3.05) is 32.1 Å². The maximum atomic E-state index is 12.1. The number of likely N-dealkylation sites (tertiary alicyclic amines) is 1. The van der Waals surface area contributed by atoms with Crippen molar-refractivity contribution in [3.63, 3.8) is 0 Å². The number of ether oxygens (including phenoxy) is 2. The van der Waals surface area contributed by atoms with Gasteiger partial charge in [0.05, 0.1) is 19.3 Å². The second-order valence-corrected chi connectivity index (χ2v) is 5.63. The summed E-state index contributed by atoms with van der Waals surface area (Å²) in [6, 6.07) is 6.11. The zero-order valence-electron chi connectivity index (χ0n) is 14.4. The highest BCUT2D eigenvalue weighted by atomic mass is 16.6. The normalized spacial score (nSPS) is 14.6. The molecule has 0 spiro atoms. The summed E-state index contributed by atoms with van der Waals surface area (Å²) >= 11 is 0. The molecule has 0 atom stereocenters. The van der Waals surface area contributed by atoms with Crippen LogP contribution in [0.1, 0.15) is 30.1 Å². The Morgan fingerprint density at radius 2 is 1.80 bits per heavy atom. The fourth-order valence-electron chi connectivity index (χ4n) is 2.58. The largest absolute Gasteiger partial charge is 0.465 e. The van der Waals surface area contributed by atoms with E-state index in [0.29, 0.717) is 43.8 Å². The molecule has 136 valence electrons. The molecule has 0 radical (unpaired) electrons. The zero-order chi connectivity index (χ0) is 18.2. The summed E-state index contributed by atoms with van der Waals surface area (Å²) in [4.78, 5) is 36.7. The zero-order valence-corrected chi connectivity index (χ0v) is 14.4. The monoisotopic (exact) mass is 349 g/mol. The van der Waals surface area contributed by atoms with Crippen molar-refractivity contribution in [1.29, 1.82) is 0 Å². The summed E-state index contributed by atoms with van der Waals surface area (Å²) in [6.45, 7) is 3.23. The molecule has 8 heteroatoms. The van der Waals surface area contributed by atoms with Gasteiger partial charge in [-0.3, -0.25) is 0 Å². The predicted octanol–water partition coefficient (Wildman–Crippen LogP) is 2.22. The number of esters is 1. The van der Waals surface area contributed by atoms with E-state index in [1.54, 1.807) is 36.1 Å². The van der Waals surface area contributed by atoms with Crippen molar-refractivity contribution in [3.8, 4) is 0 Å². The van der Waals surface area contributed by atoms with Crippen LogP contribution in [-0.2, 0) is 9.47 Å². The lowest BCUT2D eigenvalue weighted by Crippen LogP contribution is -2.47. The first-order valence-corrected chi connectivity index (χ1v) is 8.21. The molecule has 0 saturated carbocycles. The number of urea groups is 1. The Labute approximate surface area is 146 Å². The van der Waals surface area contributed by atoms with Crippen molar-refractivity contribution in [1.82, 2.24) is 10.2 Å². The van der Waals surface area contributed by atoms with Gasteiger partial charge in [0.15, 0.2) is 0 Å². The topological polar surface area (TPSA) is 97.0 Å². The minimum atomic E-state index is -0.427. The Morgan fingerprint density at radius 1 is 1.16 bits per heavy atom. The lowest BCUT2D eigenvalue weighted by molar-refractivity contribution is 0.0600. The summed E-state index contributed by atoms with van der Waals surface area (Å²) in [7, 11) is 1.31. The minimum absolute atomic E-state index is 0.0000175. The predicted molar refractivity (Wildman–Crippen MR) is 91.6 cm³/mol. The second kappa shape index (κ2) is 8.91. The Hall–Kier alpha value is -2.77. The quantitative estimate of drug-likeness (QED) is 0.813. The molecule has 1 aromatic carbocycles. The third kappa shape index (κ3) is 5.37. The Morgan fingerprint density at radius 3 is 2.36 bits per heavy atom. The number of amides is 3. The maximum absolute atomic E-state index is 12.1. The molecule has 8 nitrogen and oxygen atoms in total. The van der Waals surface area contributed by atoms with Gasteiger partial charge in [-0.15, -0.1) is 0 Å². The van der Waals surface area contributed by atoms with Gasteiger partial charge >= 0.3 is 18.1 Å². The van der Waals surface area contributed by atoms with E-state index in [9.17, 15) is 14.4 Å². The minimum Gasteiger partial charge on any atom is -0.465 e. The summed E-state index contributed by atoms with van der Waals surface area (Å²) in [5.74, 6) is -0.427. The van der Waals surface area contributed by atoms with E-state index in [1.807, 2.05) is 0 Å². The Bertz CT molecular complexity index is 609. The number of piperidine rings is 1. The maximum Gasteiger partial charge on any atom is 0.409 e. The van der Waals surface area contributed by atoms with E-state index in [2.05, 4.69) is 15.4 Å². The number of methoxy groups -OCH3 is 1. The standard InChI is InChI=1S/C17H23N3O5/c1-3-25-17(23)20-10-8-14(9-11-20)19-16(22)18-13-6-4-12(5-7-13)15(21)24-2/h4-7,14H,3,8-11H2,1-2H3,(H2,18,19,22). The number of anilines is 1. The van der Waals surface area contributed by atoms with Gasteiger partial charge in [-0.2, -0.15) is 0 Å². The molecule has 0 bridgehead atoms. The molecule has 1 heterocycles. The van der Waals surface area contributed by atoms with Crippen LogP contribution in [0.15, 0.2) is 24.3 Å². The van der Waals surface area contributed by atoms with Gasteiger partial charge in [0.1, 0.15) is 0 Å². The van der Waals surface area contributed by atoms with Gasteiger partial charge in [-0.25, -0.2) is 14.4 Å². The van der Waals surface area contributed by atoms with Gasteiger partial charge in [0, 0.05) is 24.8 Å². The molecule has 0 unspecified atom stereocenters. The summed E-state index contributed by atoms with van der Waals surface area (Å²) < 4.78 is 9.59. The van der Waals surface area contributed by atoms with E-state index in [-0.39, 0.29) is 18.2 Å².